The van der Waals surface area contributed by atoms with E-state index in [1.165, 1.54) is 31.0 Å². The van der Waals surface area contributed by atoms with Crippen LogP contribution in [0.25, 0.3) is 0 Å². The summed E-state index contributed by atoms with van der Waals surface area (Å²) in [7, 11) is 0. The molecule has 1 aliphatic carbocycles. The number of aromatic amines is 1. The molecule has 1 heterocycles. The number of H-pyrrole nitrogens is 1. The maximum absolute atomic E-state index is 12.0. The first-order valence-electron chi connectivity index (χ1n) is 5.81. The Hall–Kier alpha value is -1.89. The fourth-order valence-electron chi connectivity index (χ4n) is 1.66. The normalized spacial score (nSPS) is 14.1. The average Bonchev–Trinajstić information content (AvgIpc) is 2.84. The van der Waals surface area contributed by atoms with Crippen molar-refractivity contribution < 1.29 is 14.4 Å². The highest BCUT2D eigenvalue weighted by atomic mass is 32.2. The van der Waals surface area contributed by atoms with Crippen LogP contribution in [0.5, 0.6) is 0 Å². The molecule has 2 N–H and O–H groups in total. The lowest BCUT2D eigenvalue weighted by Crippen LogP contribution is -2.21. The molecular formula is C12H13N3O3S. The molecule has 0 bridgehead atoms. The number of aromatic nitrogens is 2. The Morgan fingerprint density at radius 1 is 1.47 bits per heavy atom. The van der Waals surface area contributed by atoms with Gasteiger partial charge in [0, 0.05) is 19.5 Å². The summed E-state index contributed by atoms with van der Waals surface area (Å²) in [4.78, 5) is 34.8. The molecule has 1 aliphatic rings. The van der Waals surface area contributed by atoms with Crippen molar-refractivity contribution in [1.29, 1.82) is 0 Å². The van der Waals surface area contributed by atoms with Gasteiger partial charge < -0.3 is 5.32 Å². The highest BCUT2D eigenvalue weighted by molar-refractivity contribution is 8.04. The second-order valence-electron chi connectivity index (χ2n) is 4.05. The minimum Gasteiger partial charge on any atom is -0.356 e. The molecule has 0 fully saturated rings. The number of carbonyl (C=O) groups is 3. The number of allylic oxidation sites excluding steroid dienone is 2. The zero-order valence-electron chi connectivity index (χ0n) is 10.4. The number of hydrogen-bond acceptors (Lipinski definition) is 5. The van der Waals surface area contributed by atoms with E-state index in [0.717, 1.165) is 6.42 Å². The Kier molecular flexibility index (Phi) is 4.16. The predicted octanol–water partition coefficient (Wildman–Crippen LogP) is 0.932. The number of ketones is 2. The van der Waals surface area contributed by atoms with E-state index in [2.05, 4.69) is 15.5 Å². The molecule has 0 aromatic carbocycles. The molecule has 0 aliphatic heterocycles. The smallest absolute Gasteiger partial charge is 0.216 e. The molecule has 7 heteroatoms. The molecule has 2 rings (SSSR count). The van der Waals surface area contributed by atoms with Crippen LogP contribution >= 0.6 is 11.8 Å². The van der Waals surface area contributed by atoms with Gasteiger partial charge in [0.25, 0.3) is 0 Å². The van der Waals surface area contributed by atoms with Crippen LogP contribution < -0.4 is 5.32 Å². The maximum Gasteiger partial charge on any atom is 0.216 e. The summed E-state index contributed by atoms with van der Waals surface area (Å²) in [6, 6.07) is 0. The summed E-state index contributed by atoms with van der Waals surface area (Å²) in [5, 5.41) is 8.91. The van der Waals surface area contributed by atoms with Crippen LogP contribution in [0.2, 0.25) is 0 Å². The number of amides is 1. The van der Waals surface area contributed by atoms with Gasteiger partial charge in [0.15, 0.2) is 0 Å². The zero-order valence-corrected chi connectivity index (χ0v) is 11.2. The number of nitrogens with one attached hydrogen (secondary N) is 2. The van der Waals surface area contributed by atoms with Crippen LogP contribution in [0.4, 0.5) is 0 Å². The van der Waals surface area contributed by atoms with Crippen molar-refractivity contribution in [2.24, 2.45) is 0 Å². The Morgan fingerprint density at radius 3 is 3.00 bits per heavy atom. The number of rotatable bonds is 5. The van der Waals surface area contributed by atoms with Gasteiger partial charge in [-0.3, -0.25) is 19.5 Å². The first kappa shape index (κ1) is 13.5. The zero-order chi connectivity index (χ0) is 13.8. The summed E-state index contributed by atoms with van der Waals surface area (Å²) in [6.07, 6.45) is 3.45. The summed E-state index contributed by atoms with van der Waals surface area (Å²) < 4.78 is 0. The minimum absolute atomic E-state index is 0.0730. The molecular weight excluding hydrogens is 266 g/mol. The predicted molar refractivity (Wildman–Crippen MR) is 71.1 cm³/mol. The van der Waals surface area contributed by atoms with E-state index in [1.807, 2.05) is 0 Å². The van der Waals surface area contributed by atoms with Gasteiger partial charge in [-0.1, -0.05) is 0 Å². The molecule has 1 aromatic heterocycles. The molecule has 0 atom stereocenters. The number of hydrogen-bond donors (Lipinski definition) is 2. The van der Waals surface area contributed by atoms with Gasteiger partial charge >= 0.3 is 0 Å². The second-order valence-corrected chi connectivity index (χ2v) is 5.18. The minimum atomic E-state index is -0.225. The van der Waals surface area contributed by atoms with E-state index in [-0.39, 0.29) is 23.2 Å². The highest BCUT2D eigenvalue weighted by Gasteiger charge is 2.27. The number of fused-ring (bicyclic) bond motifs is 1. The molecule has 0 spiro atoms. The number of nitrogens with zero attached hydrogens (tertiary/aromatic N) is 1. The van der Waals surface area contributed by atoms with Gasteiger partial charge in [0.1, 0.15) is 5.69 Å². The molecule has 0 radical (unpaired) electrons. The van der Waals surface area contributed by atoms with Gasteiger partial charge in [-0.2, -0.15) is 5.10 Å². The van der Waals surface area contributed by atoms with Crippen molar-refractivity contribution in [1.82, 2.24) is 15.5 Å². The quantitative estimate of drug-likeness (QED) is 0.782. The molecule has 1 aromatic rings. The van der Waals surface area contributed by atoms with E-state index in [1.54, 1.807) is 0 Å². The lowest BCUT2D eigenvalue weighted by Gasteiger charge is -2.10. The molecule has 0 saturated heterocycles. The van der Waals surface area contributed by atoms with Gasteiger partial charge in [-0.05, 0) is 12.2 Å². The monoisotopic (exact) mass is 279 g/mol. The molecule has 1 amide bonds. The molecule has 19 heavy (non-hydrogen) atoms. The van der Waals surface area contributed by atoms with Gasteiger partial charge in [0.2, 0.25) is 17.5 Å². The van der Waals surface area contributed by atoms with Crippen molar-refractivity contribution in [3.8, 4) is 0 Å². The highest BCUT2D eigenvalue weighted by Crippen LogP contribution is 2.27. The van der Waals surface area contributed by atoms with Crippen molar-refractivity contribution in [3.63, 3.8) is 0 Å². The third-order valence-corrected chi connectivity index (χ3v) is 3.68. The lowest BCUT2D eigenvalue weighted by molar-refractivity contribution is -0.118. The van der Waals surface area contributed by atoms with E-state index < -0.39 is 0 Å². The summed E-state index contributed by atoms with van der Waals surface area (Å²) in [6.45, 7) is 2.02. The van der Waals surface area contributed by atoms with Crippen molar-refractivity contribution >= 4 is 29.2 Å². The third kappa shape index (κ3) is 3.11. The lowest BCUT2D eigenvalue weighted by atomic mass is 10.0. The summed E-state index contributed by atoms with van der Waals surface area (Å²) in [5.74, 6) is 0.193. The van der Waals surface area contributed by atoms with Gasteiger partial charge in [0.05, 0.1) is 16.7 Å². The Bertz CT molecular complexity index is 562. The Labute approximate surface area is 114 Å². The van der Waals surface area contributed by atoms with Crippen LogP contribution in [0.1, 0.15) is 34.2 Å². The number of thioether (sulfide) groups is 1. The van der Waals surface area contributed by atoms with Crippen molar-refractivity contribution in [2.75, 3.05) is 12.3 Å². The SMILES string of the molecule is CC(=O)NCCCSC1=CC(=O)c2[nH]ncc2C1=O. The number of Topliss-reactive ketones (excluding diaryl/α,β-unsaturated/α-hetero) is 1. The summed E-state index contributed by atoms with van der Waals surface area (Å²) in [5.41, 5.74) is 0.587. The fraction of sp³-hybridized carbons (Fsp3) is 0.333. The van der Waals surface area contributed by atoms with Crippen LogP contribution in [-0.4, -0.2) is 40.0 Å². The summed E-state index contributed by atoms with van der Waals surface area (Å²) >= 11 is 1.33. The first-order valence-corrected chi connectivity index (χ1v) is 6.79. The Morgan fingerprint density at radius 2 is 2.26 bits per heavy atom. The van der Waals surface area contributed by atoms with E-state index in [0.29, 0.717) is 22.8 Å². The van der Waals surface area contributed by atoms with Gasteiger partial charge in [-0.15, -0.1) is 11.8 Å². The maximum atomic E-state index is 12.0. The van der Waals surface area contributed by atoms with E-state index >= 15 is 0 Å². The van der Waals surface area contributed by atoms with Crippen LogP contribution in [0.3, 0.4) is 0 Å². The average molecular weight is 279 g/mol. The van der Waals surface area contributed by atoms with Gasteiger partial charge in [-0.25, -0.2) is 0 Å². The third-order valence-electron chi connectivity index (χ3n) is 2.57. The van der Waals surface area contributed by atoms with Crippen LogP contribution in [0.15, 0.2) is 17.2 Å². The van der Waals surface area contributed by atoms with E-state index in [9.17, 15) is 14.4 Å². The number of carbonyl (C=O) groups excluding carboxylic acids is 3. The fourth-order valence-corrected chi connectivity index (χ4v) is 2.60. The van der Waals surface area contributed by atoms with Crippen molar-refractivity contribution in [3.05, 3.63) is 28.4 Å². The van der Waals surface area contributed by atoms with Crippen LogP contribution in [0, 0.1) is 0 Å². The Balaban J connectivity index is 1.90. The molecule has 0 saturated carbocycles. The standard InChI is InChI=1S/C12H13N3O3S/c1-7(16)13-3-2-4-19-10-5-9(17)11-8(12(10)18)6-14-15-11/h5-6H,2-4H2,1H3,(H,13,16)(H,14,15). The van der Waals surface area contributed by atoms with E-state index in [4.69, 9.17) is 0 Å². The second kappa shape index (κ2) is 5.83. The molecule has 6 nitrogen and oxygen atoms in total. The van der Waals surface area contributed by atoms with Crippen molar-refractivity contribution in [2.45, 2.75) is 13.3 Å². The molecule has 0 unspecified atom stereocenters. The molecule has 100 valence electrons. The first-order chi connectivity index (χ1) is 9.09. The largest absolute Gasteiger partial charge is 0.356 e. The van der Waals surface area contributed by atoms with Crippen LogP contribution in [-0.2, 0) is 4.79 Å². The topological polar surface area (TPSA) is 91.9 Å².